The Morgan fingerprint density at radius 2 is 2.21 bits per heavy atom. The smallest absolute Gasteiger partial charge is 0.239 e. The van der Waals surface area contributed by atoms with Crippen LogP contribution in [0.15, 0.2) is 6.20 Å². The Balaban J connectivity index is 0.00000180. The van der Waals surface area contributed by atoms with Gasteiger partial charge in [-0.25, -0.2) is 4.98 Å². The van der Waals surface area contributed by atoms with Crippen molar-refractivity contribution in [2.45, 2.75) is 32.9 Å². The van der Waals surface area contributed by atoms with Gasteiger partial charge in [-0.3, -0.25) is 9.69 Å². The van der Waals surface area contributed by atoms with E-state index in [1.54, 1.807) is 0 Å². The van der Waals surface area contributed by atoms with Gasteiger partial charge in [-0.2, -0.15) is 0 Å². The number of thiazole rings is 1. The maximum absolute atomic E-state index is 12.2. The SMILES string of the molecule is CCC1C(=O)N(CC)CCN1Cc1cnc(N)s1.Cl. The molecule has 0 aromatic carbocycles. The number of nitrogen functional groups attached to an aromatic ring is 1. The van der Waals surface area contributed by atoms with Crippen LogP contribution in [0.5, 0.6) is 0 Å². The molecular weight excluding hydrogens is 284 g/mol. The lowest BCUT2D eigenvalue weighted by atomic mass is 10.1. The molecule has 1 unspecified atom stereocenters. The highest BCUT2D eigenvalue weighted by molar-refractivity contribution is 7.15. The maximum atomic E-state index is 12.2. The van der Waals surface area contributed by atoms with Gasteiger partial charge in [-0.1, -0.05) is 6.92 Å². The van der Waals surface area contributed by atoms with E-state index in [1.807, 2.05) is 18.0 Å². The van der Waals surface area contributed by atoms with Crippen molar-refractivity contribution in [3.63, 3.8) is 0 Å². The summed E-state index contributed by atoms with van der Waals surface area (Å²) in [6, 6.07) is 0.00187. The second-order valence-electron chi connectivity index (χ2n) is 4.48. The molecule has 5 nitrogen and oxygen atoms in total. The van der Waals surface area contributed by atoms with Crippen LogP contribution >= 0.6 is 23.7 Å². The van der Waals surface area contributed by atoms with Crippen molar-refractivity contribution in [1.29, 1.82) is 0 Å². The third-order valence-electron chi connectivity index (χ3n) is 3.39. The van der Waals surface area contributed by atoms with Crippen molar-refractivity contribution >= 4 is 34.8 Å². The molecule has 0 spiro atoms. The van der Waals surface area contributed by atoms with Gasteiger partial charge in [0.1, 0.15) is 0 Å². The summed E-state index contributed by atoms with van der Waals surface area (Å²) in [4.78, 5) is 21.6. The third kappa shape index (κ3) is 3.58. The van der Waals surface area contributed by atoms with Gasteiger partial charge in [0.2, 0.25) is 5.91 Å². The van der Waals surface area contributed by atoms with Crippen molar-refractivity contribution in [3.8, 4) is 0 Å². The Hall–Kier alpha value is -0.850. The van der Waals surface area contributed by atoms with Gasteiger partial charge >= 0.3 is 0 Å². The molecule has 7 heteroatoms. The number of anilines is 1. The van der Waals surface area contributed by atoms with Crippen LogP contribution in [0.2, 0.25) is 0 Å². The number of halogens is 1. The molecule has 2 N–H and O–H groups in total. The molecule has 1 aromatic heterocycles. The maximum Gasteiger partial charge on any atom is 0.239 e. The van der Waals surface area contributed by atoms with Crippen LogP contribution in [-0.2, 0) is 11.3 Å². The summed E-state index contributed by atoms with van der Waals surface area (Å²) in [5.41, 5.74) is 5.64. The predicted molar refractivity (Wildman–Crippen MR) is 80.5 cm³/mol. The zero-order chi connectivity index (χ0) is 13.1. The Morgan fingerprint density at radius 1 is 1.47 bits per heavy atom. The van der Waals surface area contributed by atoms with E-state index >= 15 is 0 Å². The minimum atomic E-state index is 0. The van der Waals surface area contributed by atoms with Crippen LogP contribution in [0.3, 0.4) is 0 Å². The second-order valence-corrected chi connectivity index (χ2v) is 5.62. The fourth-order valence-electron chi connectivity index (χ4n) is 2.41. The van der Waals surface area contributed by atoms with Crippen LogP contribution in [0.4, 0.5) is 5.13 Å². The number of likely N-dealkylation sites (N-methyl/N-ethyl adjacent to an activating group) is 1. The zero-order valence-corrected chi connectivity index (χ0v) is 13.0. The summed E-state index contributed by atoms with van der Waals surface area (Å²) in [5, 5.41) is 0.594. The van der Waals surface area contributed by atoms with Gasteiger partial charge in [0.05, 0.1) is 6.04 Å². The highest BCUT2D eigenvalue weighted by Crippen LogP contribution is 2.21. The molecule has 0 radical (unpaired) electrons. The van der Waals surface area contributed by atoms with Crippen molar-refractivity contribution < 1.29 is 4.79 Å². The molecule has 1 aromatic rings. The summed E-state index contributed by atoms with van der Waals surface area (Å²) in [7, 11) is 0. The van der Waals surface area contributed by atoms with E-state index < -0.39 is 0 Å². The fourth-order valence-corrected chi connectivity index (χ4v) is 3.12. The van der Waals surface area contributed by atoms with Gasteiger partial charge in [-0.15, -0.1) is 23.7 Å². The topological polar surface area (TPSA) is 62.5 Å². The summed E-state index contributed by atoms with van der Waals surface area (Å²) in [6.45, 7) is 7.42. The largest absolute Gasteiger partial charge is 0.375 e. The molecule has 1 fully saturated rings. The molecule has 1 saturated heterocycles. The lowest BCUT2D eigenvalue weighted by Crippen LogP contribution is -2.56. The number of nitrogens with two attached hydrogens (primary N) is 1. The van der Waals surface area contributed by atoms with Crippen molar-refractivity contribution in [2.24, 2.45) is 0 Å². The average molecular weight is 305 g/mol. The normalized spacial score (nSPS) is 20.4. The molecule has 2 rings (SSSR count). The van der Waals surface area contributed by atoms with Crippen LogP contribution in [0.1, 0.15) is 25.1 Å². The molecule has 1 atom stereocenters. The van der Waals surface area contributed by atoms with Crippen LogP contribution < -0.4 is 5.73 Å². The number of carbonyl (C=O) groups is 1. The summed E-state index contributed by atoms with van der Waals surface area (Å²) < 4.78 is 0. The Bertz CT molecular complexity index is 426. The first-order chi connectivity index (χ1) is 8.65. The Morgan fingerprint density at radius 3 is 2.74 bits per heavy atom. The van der Waals surface area contributed by atoms with Gasteiger partial charge in [-0.05, 0) is 13.3 Å². The number of aromatic nitrogens is 1. The van der Waals surface area contributed by atoms with Gasteiger partial charge in [0.25, 0.3) is 0 Å². The number of piperazine rings is 1. The number of amides is 1. The van der Waals surface area contributed by atoms with Crippen LogP contribution in [0, 0.1) is 0 Å². The minimum Gasteiger partial charge on any atom is -0.375 e. The molecule has 108 valence electrons. The summed E-state index contributed by atoms with van der Waals surface area (Å²) in [6.07, 6.45) is 2.66. The molecule has 0 saturated carbocycles. The molecule has 19 heavy (non-hydrogen) atoms. The zero-order valence-electron chi connectivity index (χ0n) is 11.3. The molecule has 1 aliphatic heterocycles. The number of hydrogen-bond donors (Lipinski definition) is 1. The lowest BCUT2D eigenvalue weighted by molar-refractivity contribution is -0.142. The third-order valence-corrected chi connectivity index (χ3v) is 4.20. The second kappa shape index (κ2) is 7.07. The molecule has 0 aliphatic carbocycles. The molecule has 0 bridgehead atoms. The number of hydrogen-bond acceptors (Lipinski definition) is 5. The number of nitrogens with zero attached hydrogens (tertiary/aromatic N) is 3. The first-order valence-corrected chi connectivity index (χ1v) is 7.20. The first kappa shape index (κ1) is 16.2. The van der Waals surface area contributed by atoms with Crippen molar-refractivity contribution in [3.05, 3.63) is 11.1 Å². The summed E-state index contributed by atoms with van der Waals surface area (Å²) in [5.74, 6) is 0.253. The molecule has 1 aliphatic rings. The van der Waals surface area contributed by atoms with Crippen molar-refractivity contribution in [1.82, 2.24) is 14.8 Å². The lowest BCUT2D eigenvalue weighted by Gasteiger charge is -2.39. The van der Waals surface area contributed by atoms with Crippen LogP contribution in [-0.4, -0.2) is 46.4 Å². The minimum absolute atomic E-state index is 0. The van der Waals surface area contributed by atoms with Gasteiger partial charge in [0.15, 0.2) is 5.13 Å². The van der Waals surface area contributed by atoms with E-state index in [-0.39, 0.29) is 24.4 Å². The Labute approximate surface area is 124 Å². The van der Waals surface area contributed by atoms with E-state index in [2.05, 4.69) is 16.8 Å². The highest BCUT2D eigenvalue weighted by atomic mass is 35.5. The molecular formula is C12H21ClN4OS. The van der Waals surface area contributed by atoms with E-state index in [0.29, 0.717) is 5.13 Å². The predicted octanol–water partition coefficient (Wildman–Crippen LogP) is 1.59. The highest BCUT2D eigenvalue weighted by Gasteiger charge is 2.32. The van der Waals surface area contributed by atoms with E-state index in [0.717, 1.165) is 37.5 Å². The van der Waals surface area contributed by atoms with Crippen LogP contribution in [0.25, 0.3) is 0 Å². The van der Waals surface area contributed by atoms with E-state index in [1.165, 1.54) is 11.3 Å². The number of rotatable bonds is 4. The number of carbonyl (C=O) groups excluding carboxylic acids is 1. The van der Waals surface area contributed by atoms with E-state index in [4.69, 9.17) is 5.73 Å². The van der Waals surface area contributed by atoms with Gasteiger partial charge in [0, 0.05) is 37.3 Å². The molecule has 1 amide bonds. The van der Waals surface area contributed by atoms with Gasteiger partial charge < -0.3 is 10.6 Å². The standard InChI is InChI=1S/C12H20N4OS.ClH/c1-3-10-11(17)15(4-2)5-6-16(10)8-9-7-14-12(13)18-9;/h7,10H,3-6,8H2,1-2H3,(H2,13,14);1H. The van der Waals surface area contributed by atoms with E-state index in [9.17, 15) is 4.79 Å². The van der Waals surface area contributed by atoms with Crippen molar-refractivity contribution in [2.75, 3.05) is 25.4 Å². The summed E-state index contributed by atoms with van der Waals surface area (Å²) >= 11 is 1.50. The quantitative estimate of drug-likeness (QED) is 0.917. The first-order valence-electron chi connectivity index (χ1n) is 6.38. The fraction of sp³-hybridized carbons (Fsp3) is 0.667. The Kier molecular flexibility index (Phi) is 6.03. The monoisotopic (exact) mass is 304 g/mol. The molecule has 2 heterocycles. The average Bonchev–Trinajstić information content (AvgIpc) is 2.75.